The molecule has 1 fully saturated rings. The Morgan fingerprint density at radius 2 is 1.46 bits per heavy atom. The lowest BCUT2D eigenvalue weighted by atomic mass is 9.88. The number of benzene rings is 2. The molecule has 2 N–H and O–H groups in total. The number of phenolic OH excluding ortho intramolecular Hbond substituents is 2. The Morgan fingerprint density at radius 1 is 0.923 bits per heavy atom. The highest BCUT2D eigenvalue weighted by molar-refractivity contribution is 5.46. The van der Waals surface area contributed by atoms with Gasteiger partial charge in [0, 0.05) is 5.92 Å². The molecule has 0 aromatic heterocycles. The van der Waals surface area contributed by atoms with E-state index >= 15 is 0 Å². The summed E-state index contributed by atoms with van der Waals surface area (Å²) in [5.74, 6) is 0.0777. The van der Waals surface area contributed by atoms with Crippen LogP contribution in [0.15, 0.2) is 36.4 Å². The molecule has 0 saturated carbocycles. The Kier molecular flexibility index (Phi) is 4.98. The molecule has 2 aromatic rings. The molecular formula is C20H24O6. The summed E-state index contributed by atoms with van der Waals surface area (Å²) >= 11 is 0. The van der Waals surface area contributed by atoms with Crippen LogP contribution in [0.25, 0.3) is 0 Å². The van der Waals surface area contributed by atoms with E-state index in [9.17, 15) is 10.2 Å². The van der Waals surface area contributed by atoms with Crippen LogP contribution < -0.4 is 9.47 Å². The molecule has 0 unspecified atom stereocenters. The number of hydrogen-bond acceptors (Lipinski definition) is 6. The maximum absolute atomic E-state index is 9.88. The molecular weight excluding hydrogens is 336 g/mol. The van der Waals surface area contributed by atoms with Crippen LogP contribution in [0.1, 0.15) is 37.0 Å². The number of rotatable bonds is 4. The van der Waals surface area contributed by atoms with Crippen LogP contribution in [0.3, 0.4) is 0 Å². The van der Waals surface area contributed by atoms with Crippen molar-refractivity contribution in [3.8, 4) is 23.0 Å². The zero-order valence-electron chi connectivity index (χ0n) is 15.4. The Labute approximate surface area is 152 Å². The summed E-state index contributed by atoms with van der Waals surface area (Å²) in [5.41, 5.74) is 1.79. The van der Waals surface area contributed by atoms with E-state index in [-0.39, 0.29) is 23.5 Å². The number of phenols is 2. The van der Waals surface area contributed by atoms with Crippen molar-refractivity contribution in [1.29, 1.82) is 0 Å². The summed E-state index contributed by atoms with van der Waals surface area (Å²) in [6.45, 7) is 4.17. The van der Waals surface area contributed by atoms with Crippen LogP contribution in [0.4, 0.5) is 0 Å². The van der Waals surface area contributed by atoms with Crippen molar-refractivity contribution >= 4 is 0 Å². The zero-order valence-corrected chi connectivity index (χ0v) is 15.4. The van der Waals surface area contributed by atoms with Crippen molar-refractivity contribution < 1.29 is 29.2 Å². The van der Waals surface area contributed by atoms with Crippen molar-refractivity contribution in [2.75, 3.05) is 20.8 Å². The van der Waals surface area contributed by atoms with Crippen LogP contribution in [-0.2, 0) is 9.47 Å². The van der Waals surface area contributed by atoms with Gasteiger partial charge in [0.15, 0.2) is 28.8 Å². The molecule has 0 amide bonds. The second kappa shape index (κ2) is 7.05. The monoisotopic (exact) mass is 360 g/mol. The lowest BCUT2D eigenvalue weighted by Gasteiger charge is -2.41. The standard InChI is InChI=1S/C20H24O6/c1-20(2)25-11-14(12-5-7-15(21)17(9-12)23-3)19(26-20)13-6-8-16(22)18(10-13)24-4/h5-10,14,19,21-22H,11H2,1-4H3/t14-,19-/m1/s1. The van der Waals surface area contributed by atoms with Crippen molar-refractivity contribution in [3.05, 3.63) is 47.5 Å². The quantitative estimate of drug-likeness (QED) is 0.865. The van der Waals surface area contributed by atoms with E-state index in [2.05, 4.69) is 0 Å². The van der Waals surface area contributed by atoms with Crippen molar-refractivity contribution in [1.82, 2.24) is 0 Å². The van der Waals surface area contributed by atoms with Crippen LogP contribution in [0.2, 0.25) is 0 Å². The summed E-state index contributed by atoms with van der Waals surface area (Å²) in [6, 6.07) is 10.4. The molecule has 6 heteroatoms. The fraction of sp³-hybridized carbons (Fsp3) is 0.400. The molecule has 2 aromatic carbocycles. The summed E-state index contributed by atoms with van der Waals surface area (Å²) < 4.78 is 22.5. The van der Waals surface area contributed by atoms with Crippen molar-refractivity contribution in [2.45, 2.75) is 31.7 Å². The molecule has 1 heterocycles. The van der Waals surface area contributed by atoms with Gasteiger partial charge >= 0.3 is 0 Å². The Balaban J connectivity index is 2.02. The fourth-order valence-electron chi connectivity index (χ4n) is 3.17. The van der Waals surface area contributed by atoms with Gasteiger partial charge in [-0.25, -0.2) is 0 Å². The maximum atomic E-state index is 9.88. The molecule has 26 heavy (non-hydrogen) atoms. The van der Waals surface area contributed by atoms with Gasteiger partial charge in [0.1, 0.15) is 0 Å². The van der Waals surface area contributed by atoms with E-state index < -0.39 is 5.79 Å². The topological polar surface area (TPSA) is 77.4 Å². The third kappa shape index (κ3) is 3.57. The molecule has 0 bridgehead atoms. The van der Waals surface area contributed by atoms with E-state index in [1.165, 1.54) is 14.2 Å². The number of methoxy groups -OCH3 is 2. The van der Waals surface area contributed by atoms with E-state index in [4.69, 9.17) is 18.9 Å². The molecule has 2 atom stereocenters. The van der Waals surface area contributed by atoms with Crippen LogP contribution >= 0.6 is 0 Å². The Bertz CT molecular complexity index is 786. The summed E-state index contributed by atoms with van der Waals surface area (Å²) in [4.78, 5) is 0. The van der Waals surface area contributed by atoms with Gasteiger partial charge in [0.2, 0.25) is 0 Å². The van der Waals surface area contributed by atoms with Crippen LogP contribution in [0, 0.1) is 0 Å². The number of aromatic hydroxyl groups is 2. The van der Waals surface area contributed by atoms with E-state index in [1.807, 2.05) is 26.0 Å². The highest BCUT2D eigenvalue weighted by Crippen LogP contribution is 2.45. The minimum absolute atomic E-state index is 0.0745. The van der Waals surface area contributed by atoms with Crippen LogP contribution in [0.5, 0.6) is 23.0 Å². The largest absolute Gasteiger partial charge is 0.504 e. The first-order valence-corrected chi connectivity index (χ1v) is 8.40. The zero-order chi connectivity index (χ0) is 18.9. The van der Waals surface area contributed by atoms with E-state index in [0.717, 1.165) is 11.1 Å². The lowest BCUT2D eigenvalue weighted by Crippen LogP contribution is -2.40. The second-order valence-corrected chi connectivity index (χ2v) is 6.72. The molecule has 140 valence electrons. The highest BCUT2D eigenvalue weighted by atomic mass is 16.7. The van der Waals surface area contributed by atoms with Gasteiger partial charge < -0.3 is 29.2 Å². The molecule has 3 rings (SSSR count). The number of ether oxygens (including phenoxy) is 4. The third-order valence-electron chi connectivity index (χ3n) is 4.55. The average molecular weight is 360 g/mol. The first kappa shape index (κ1) is 18.4. The molecule has 0 radical (unpaired) electrons. The smallest absolute Gasteiger partial charge is 0.163 e. The third-order valence-corrected chi connectivity index (χ3v) is 4.55. The summed E-state index contributed by atoms with van der Waals surface area (Å²) in [7, 11) is 3.02. The SMILES string of the molecule is COc1cc([C@H]2COC(C)(C)O[C@@H]2c2ccc(O)c(OC)c2)ccc1O. The molecule has 0 spiro atoms. The molecule has 0 aliphatic carbocycles. The van der Waals surface area contributed by atoms with Gasteiger partial charge in [-0.2, -0.15) is 0 Å². The van der Waals surface area contributed by atoms with E-state index in [0.29, 0.717) is 18.1 Å². The van der Waals surface area contributed by atoms with E-state index in [1.54, 1.807) is 24.3 Å². The lowest BCUT2D eigenvalue weighted by molar-refractivity contribution is -0.283. The van der Waals surface area contributed by atoms with Crippen molar-refractivity contribution in [3.63, 3.8) is 0 Å². The summed E-state index contributed by atoms with van der Waals surface area (Å²) in [5, 5.41) is 19.7. The van der Waals surface area contributed by atoms with Gasteiger partial charge in [0.25, 0.3) is 0 Å². The first-order valence-electron chi connectivity index (χ1n) is 8.40. The minimum atomic E-state index is -0.743. The predicted molar refractivity (Wildman–Crippen MR) is 95.9 cm³/mol. The minimum Gasteiger partial charge on any atom is -0.504 e. The normalized spacial score (nSPS) is 22.0. The van der Waals surface area contributed by atoms with Gasteiger partial charge in [-0.15, -0.1) is 0 Å². The second-order valence-electron chi connectivity index (χ2n) is 6.72. The Hall–Kier alpha value is -2.44. The first-order chi connectivity index (χ1) is 12.3. The Morgan fingerprint density at radius 3 is 2.04 bits per heavy atom. The van der Waals surface area contributed by atoms with Gasteiger partial charge in [-0.1, -0.05) is 12.1 Å². The average Bonchev–Trinajstić information content (AvgIpc) is 2.62. The van der Waals surface area contributed by atoms with Gasteiger partial charge in [0.05, 0.1) is 26.9 Å². The maximum Gasteiger partial charge on any atom is 0.163 e. The number of hydrogen-bond donors (Lipinski definition) is 2. The van der Waals surface area contributed by atoms with Gasteiger partial charge in [-0.05, 0) is 49.2 Å². The highest BCUT2D eigenvalue weighted by Gasteiger charge is 2.38. The molecule has 1 saturated heterocycles. The molecule has 6 nitrogen and oxygen atoms in total. The predicted octanol–water partition coefficient (Wildman–Crippen LogP) is 3.72. The van der Waals surface area contributed by atoms with Gasteiger partial charge in [-0.3, -0.25) is 0 Å². The fourth-order valence-corrected chi connectivity index (χ4v) is 3.17. The van der Waals surface area contributed by atoms with Crippen LogP contribution in [-0.4, -0.2) is 36.8 Å². The molecule has 1 aliphatic rings. The molecule has 1 aliphatic heterocycles. The summed E-state index contributed by atoms with van der Waals surface area (Å²) in [6.07, 6.45) is -0.317. The van der Waals surface area contributed by atoms with Crippen molar-refractivity contribution in [2.24, 2.45) is 0 Å².